The Hall–Kier alpha value is -2.12. The normalized spacial score (nSPS) is 16.6. The first kappa shape index (κ1) is 17.2. The molecule has 1 aliphatic heterocycles. The van der Waals surface area contributed by atoms with Crippen molar-refractivity contribution in [2.75, 3.05) is 38.2 Å². The second-order valence-corrected chi connectivity index (χ2v) is 5.35. The van der Waals surface area contributed by atoms with Gasteiger partial charge in [0.05, 0.1) is 32.2 Å². The van der Waals surface area contributed by atoms with Crippen molar-refractivity contribution >= 4 is 17.6 Å². The molecule has 1 amide bonds. The van der Waals surface area contributed by atoms with E-state index in [2.05, 4.69) is 5.32 Å². The fourth-order valence-corrected chi connectivity index (χ4v) is 2.57. The van der Waals surface area contributed by atoms with Crippen molar-refractivity contribution in [1.82, 2.24) is 0 Å². The summed E-state index contributed by atoms with van der Waals surface area (Å²) in [7, 11) is 0. The Balaban J connectivity index is 1.91. The summed E-state index contributed by atoms with van der Waals surface area (Å²) in [5, 5.41) is 14.0. The first-order chi connectivity index (χ1) is 11.1. The highest BCUT2D eigenvalue weighted by atomic mass is 16.5. The molecule has 1 aliphatic rings. The van der Waals surface area contributed by atoms with E-state index < -0.39 is 12.0 Å². The van der Waals surface area contributed by atoms with Gasteiger partial charge in [-0.3, -0.25) is 4.79 Å². The van der Waals surface area contributed by atoms with E-state index in [1.54, 1.807) is 24.3 Å². The van der Waals surface area contributed by atoms with Crippen molar-refractivity contribution in [1.29, 1.82) is 0 Å². The number of nitrogens with one attached hydrogen (secondary N) is 2. The van der Waals surface area contributed by atoms with E-state index in [1.807, 2.05) is 6.92 Å². The molecule has 0 unspecified atom stereocenters. The average molecular weight is 322 g/mol. The van der Waals surface area contributed by atoms with Crippen LogP contribution in [0.15, 0.2) is 24.3 Å². The second-order valence-electron chi connectivity index (χ2n) is 5.35. The van der Waals surface area contributed by atoms with Gasteiger partial charge in [0.25, 0.3) is 0 Å². The van der Waals surface area contributed by atoms with Crippen LogP contribution in [-0.2, 0) is 14.3 Å². The molecule has 1 heterocycles. The molecule has 7 heteroatoms. The number of hydrogen-bond donors (Lipinski definition) is 2. The maximum atomic E-state index is 12.1. The lowest BCUT2D eigenvalue weighted by atomic mass is 10.1. The van der Waals surface area contributed by atoms with Crippen LogP contribution in [0.3, 0.4) is 0 Å². The zero-order chi connectivity index (χ0) is 16.7. The van der Waals surface area contributed by atoms with Crippen LogP contribution >= 0.6 is 0 Å². The number of carboxylic acids is 1. The Labute approximate surface area is 135 Å². The van der Waals surface area contributed by atoms with E-state index in [1.165, 1.54) is 0 Å². The molecule has 0 radical (unpaired) electrons. The molecule has 2 N–H and O–H groups in total. The summed E-state index contributed by atoms with van der Waals surface area (Å²) in [4.78, 5) is 24.3. The number of carbonyl (C=O) groups excluding carboxylic acids is 2. The molecule has 0 aromatic heterocycles. The lowest BCUT2D eigenvalue weighted by Crippen LogP contribution is -3.19. The Morgan fingerprint density at radius 1 is 1.30 bits per heavy atom. The Morgan fingerprint density at radius 2 is 1.96 bits per heavy atom. The van der Waals surface area contributed by atoms with Crippen molar-refractivity contribution in [3.63, 3.8) is 0 Å². The van der Waals surface area contributed by atoms with E-state index in [0.717, 1.165) is 10.6 Å². The zero-order valence-corrected chi connectivity index (χ0v) is 13.2. The maximum absolute atomic E-state index is 12.1. The molecule has 0 bridgehead atoms. The molecule has 0 saturated carbocycles. The van der Waals surface area contributed by atoms with Gasteiger partial charge in [0.15, 0.2) is 0 Å². The minimum Gasteiger partial charge on any atom is -0.544 e. The summed E-state index contributed by atoms with van der Waals surface area (Å²) in [6.45, 7) is 4.59. The molecule has 1 fully saturated rings. The van der Waals surface area contributed by atoms with Gasteiger partial charge in [-0.2, -0.15) is 0 Å². The third-order valence-corrected chi connectivity index (χ3v) is 3.75. The van der Waals surface area contributed by atoms with E-state index in [9.17, 15) is 14.7 Å². The van der Waals surface area contributed by atoms with Gasteiger partial charge in [0.2, 0.25) is 5.91 Å². The molecule has 0 aliphatic carbocycles. The van der Waals surface area contributed by atoms with Gasteiger partial charge in [-0.05, 0) is 31.2 Å². The van der Waals surface area contributed by atoms with Gasteiger partial charge in [-0.1, -0.05) is 0 Å². The summed E-state index contributed by atoms with van der Waals surface area (Å²) >= 11 is 0. The summed E-state index contributed by atoms with van der Waals surface area (Å²) in [5.41, 5.74) is 0.604. The predicted octanol–water partition coefficient (Wildman–Crippen LogP) is -1.55. The highest BCUT2D eigenvalue weighted by Gasteiger charge is 2.28. The van der Waals surface area contributed by atoms with Crippen LogP contribution in [0.2, 0.25) is 0 Å². The molecule has 7 nitrogen and oxygen atoms in total. The molecule has 1 aromatic carbocycles. The minimum atomic E-state index is -1.20. The number of hydrogen-bond acceptors (Lipinski definition) is 5. The van der Waals surface area contributed by atoms with Crippen LogP contribution in [0, 0.1) is 0 Å². The fraction of sp³-hybridized carbons (Fsp3) is 0.500. The summed E-state index contributed by atoms with van der Waals surface area (Å²) in [6.07, 6.45) is -0.120. The molecule has 2 rings (SSSR count). The highest BCUT2D eigenvalue weighted by Crippen LogP contribution is 2.15. The summed E-state index contributed by atoms with van der Waals surface area (Å²) < 4.78 is 10.5. The Kier molecular flexibility index (Phi) is 6.37. The molecule has 126 valence electrons. The van der Waals surface area contributed by atoms with Gasteiger partial charge in [0.1, 0.15) is 24.9 Å². The largest absolute Gasteiger partial charge is 0.544 e. The van der Waals surface area contributed by atoms with E-state index >= 15 is 0 Å². The lowest BCUT2D eigenvalue weighted by Gasteiger charge is -2.31. The topological polar surface area (TPSA) is 92.1 Å². The molecular formula is C16H22N2O5. The average Bonchev–Trinajstić information content (AvgIpc) is 2.55. The quantitative estimate of drug-likeness (QED) is 0.634. The Morgan fingerprint density at radius 3 is 2.52 bits per heavy atom. The van der Waals surface area contributed by atoms with Gasteiger partial charge >= 0.3 is 0 Å². The summed E-state index contributed by atoms with van der Waals surface area (Å²) in [5.74, 6) is -0.832. The SMILES string of the molecule is CCOc1ccc(NC(=O)C[C@@H](C(=O)[O-])[NH+]2CCOCC2)cc1. The number of morpholine rings is 1. The molecule has 0 spiro atoms. The summed E-state index contributed by atoms with van der Waals surface area (Å²) in [6, 6.07) is 6.09. The monoisotopic (exact) mass is 322 g/mol. The fourth-order valence-electron chi connectivity index (χ4n) is 2.57. The van der Waals surface area contributed by atoms with Gasteiger partial charge < -0.3 is 29.6 Å². The van der Waals surface area contributed by atoms with Gasteiger partial charge in [-0.25, -0.2) is 0 Å². The predicted molar refractivity (Wildman–Crippen MR) is 81.2 cm³/mol. The van der Waals surface area contributed by atoms with Crippen LogP contribution in [0.25, 0.3) is 0 Å². The van der Waals surface area contributed by atoms with Crippen molar-refractivity contribution in [2.24, 2.45) is 0 Å². The smallest absolute Gasteiger partial charge is 0.230 e. The van der Waals surface area contributed by atoms with Crippen molar-refractivity contribution in [2.45, 2.75) is 19.4 Å². The van der Waals surface area contributed by atoms with Gasteiger partial charge in [0, 0.05) is 5.69 Å². The van der Waals surface area contributed by atoms with E-state index in [-0.39, 0.29) is 12.3 Å². The van der Waals surface area contributed by atoms with Crippen LogP contribution < -0.4 is 20.1 Å². The number of quaternary nitrogens is 1. The number of aliphatic carboxylic acids is 1. The first-order valence-electron chi connectivity index (χ1n) is 7.76. The van der Waals surface area contributed by atoms with Crippen LogP contribution in [0.5, 0.6) is 5.75 Å². The Bertz CT molecular complexity index is 526. The van der Waals surface area contributed by atoms with Crippen molar-refractivity contribution in [3.05, 3.63) is 24.3 Å². The van der Waals surface area contributed by atoms with E-state index in [4.69, 9.17) is 9.47 Å². The first-order valence-corrected chi connectivity index (χ1v) is 7.76. The molecular weight excluding hydrogens is 300 g/mol. The van der Waals surface area contributed by atoms with Crippen LogP contribution in [0.1, 0.15) is 13.3 Å². The van der Waals surface area contributed by atoms with Crippen LogP contribution in [0.4, 0.5) is 5.69 Å². The number of carboxylic acid groups (broad SMARTS) is 1. The number of ether oxygens (including phenoxy) is 2. The molecule has 1 saturated heterocycles. The van der Waals surface area contributed by atoms with Crippen LogP contribution in [-0.4, -0.2) is 50.8 Å². The highest BCUT2D eigenvalue weighted by molar-refractivity contribution is 5.93. The number of rotatable bonds is 7. The van der Waals surface area contributed by atoms with Gasteiger partial charge in [-0.15, -0.1) is 0 Å². The third-order valence-electron chi connectivity index (χ3n) is 3.75. The maximum Gasteiger partial charge on any atom is 0.230 e. The van der Waals surface area contributed by atoms with Crippen molar-refractivity contribution < 1.29 is 29.1 Å². The standard InChI is InChI=1S/C16H22N2O5/c1-2-23-13-5-3-12(4-6-13)17-15(19)11-14(16(20)21)18-7-9-22-10-8-18/h3-6,14H,2,7-11H2,1H3,(H,17,19)(H,20,21)/t14-/m0/s1. The number of carbonyl (C=O) groups is 2. The zero-order valence-electron chi connectivity index (χ0n) is 13.2. The lowest BCUT2D eigenvalue weighted by molar-refractivity contribution is -0.925. The minimum absolute atomic E-state index is 0.120. The number of amides is 1. The molecule has 23 heavy (non-hydrogen) atoms. The third kappa shape index (κ3) is 5.22. The van der Waals surface area contributed by atoms with E-state index in [0.29, 0.717) is 38.6 Å². The molecule has 1 aromatic rings. The molecule has 1 atom stereocenters. The number of anilines is 1. The number of benzene rings is 1. The van der Waals surface area contributed by atoms with Crippen molar-refractivity contribution in [3.8, 4) is 5.75 Å². The second kappa shape index (κ2) is 8.50.